The van der Waals surface area contributed by atoms with Crippen LogP contribution in [0.15, 0.2) is 12.2 Å². The van der Waals surface area contributed by atoms with E-state index in [4.69, 9.17) is 4.74 Å². The van der Waals surface area contributed by atoms with Crippen LogP contribution in [-0.2, 0) is 4.74 Å². The van der Waals surface area contributed by atoms with E-state index in [1.165, 1.54) is 0 Å². The highest BCUT2D eigenvalue weighted by Crippen LogP contribution is 2.17. The summed E-state index contributed by atoms with van der Waals surface area (Å²) in [6.45, 7) is 7.36. The zero-order chi connectivity index (χ0) is 9.19. The zero-order valence-corrected chi connectivity index (χ0v) is 8.29. The maximum atomic E-state index is 5.31. The fraction of sp³-hybridized carbons (Fsp3) is 0.778. The average molecular weight is 170 g/mol. The van der Waals surface area contributed by atoms with E-state index < -0.39 is 0 Å². The van der Waals surface area contributed by atoms with Crippen LogP contribution in [0.2, 0.25) is 0 Å². The highest BCUT2D eigenvalue weighted by atomic mass is 16.5. The molecule has 0 radical (unpaired) electrons. The van der Waals surface area contributed by atoms with E-state index in [-0.39, 0.29) is 11.8 Å². The summed E-state index contributed by atoms with van der Waals surface area (Å²) < 4.78 is 5.31. The maximum Gasteiger partial charge on any atom is 0.142 e. The number of nitrogens with zero attached hydrogens (tertiary/aromatic N) is 1. The number of hydrazine groups is 1. The zero-order valence-electron chi connectivity index (χ0n) is 8.29. The van der Waals surface area contributed by atoms with Gasteiger partial charge in [0.2, 0.25) is 0 Å². The smallest absolute Gasteiger partial charge is 0.142 e. The second kappa shape index (κ2) is 3.56. The van der Waals surface area contributed by atoms with Gasteiger partial charge in [0.05, 0.1) is 0 Å². The molecule has 0 amide bonds. The largest absolute Gasteiger partial charge is 0.361 e. The molecule has 0 aromatic rings. The molecule has 70 valence electrons. The van der Waals surface area contributed by atoms with Crippen LogP contribution < -0.4 is 5.43 Å². The van der Waals surface area contributed by atoms with E-state index in [1.54, 1.807) is 7.11 Å². The summed E-state index contributed by atoms with van der Waals surface area (Å²) in [5.41, 5.74) is 3.37. The Balaban J connectivity index is 2.69. The minimum Gasteiger partial charge on any atom is -0.361 e. The number of ether oxygens (including phenoxy) is 1. The first-order valence-corrected chi connectivity index (χ1v) is 4.28. The van der Waals surface area contributed by atoms with Crippen LogP contribution >= 0.6 is 0 Å². The average Bonchev–Trinajstić information content (AvgIpc) is 2.03. The monoisotopic (exact) mass is 170 g/mol. The van der Waals surface area contributed by atoms with Gasteiger partial charge in [-0.2, -0.15) is 0 Å². The van der Waals surface area contributed by atoms with Crippen molar-refractivity contribution in [2.45, 2.75) is 32.5 Å². The maximum absolute atomic E-state index is 5.31. The molecule has 1 N–H and O–H groups in total. The van der Waals surface area contributed by atoms with Gasteiger partial charge < -0.3 is 4.74 Å². The first-order chi connectivity index (χ1) is 5.55. The molecule has 1 heterocycles. The summed E-state index contributed by atoms with van der Waals surface area (Å²) >= 11 is 0. The quantitative estimate of drug-likeness (QED) is 0.597. The number of hydrogen-bond acceptors (Lipinski definition) is 3. The summed E-state index contributed by atoms with van der Waals surface area (Å²) in [7, 11) is 1.72. The molecular weight excluding hydrogens is 152 g/mol. The van der Waals surface area contributed by atoms with Gasteiger partial charge >= 0.3 is 0 Å². The highest BCUT2D eigenvalue weighted by Gasteiger charge is 2.28. The standard InChI is InChI=1S/C9H18N2O/c1-9(2,3)11-8(12-4)6-5-7-10-11/h5-6,8,10H,7H2,1-4H3. The number of hydrogen-bond donors (Lipinski definition) is 1. The molecule has 1 aliphatic heterocycles. The predicted molar refractivity (Wildman–Crippen MR) is 49.5 cm³/mol. The van der Waals surface area contributed by atoms with Gasteiger partial charge in [-0.1, -0.05) is 6.08 Å². The highest BCUT2D eigenvalue weighted by molar-refractivity contribution is 4.97. The number of methoxy groups -OCH3 is 1. The van der Waals surface area contributed by atoms with Gasteiger partial charge in [0.25, 0.3) is 0 Å². The van der Waals surface area contributed by atoms with Crippen molar-refractivity contribution in [1.29, 1.82) is 0 Å². The Labute approximate surface area is 74.4 Å². The Morgan fingerprint density at radius 2 is 2.17 bits per heavy atom. The van der Waals surface area contributed by atoms with Gasteiger partial charge in [-0.3, -0.25) is 0 Å². The van der Waals surface area contributed by atoms with Crippen LogP contribution in [0.1, 0.15) is 20.8 Å². The van der Waals surface area contributed by atoms with Crippen molar-refractivity contribution >= 4 is 0 Å². The molecule has 0 saturated carbocycles. The van der Waals surface area contributed by atoms with Crippen molar-refractivity contribution in [2.24, 2.45) is 0 Å². The Morgan fingerprint density at radius 1 is 1.50 bits per heavy atom. The molecule has 3 heteroatoms. The second-order valence-electron chi connectivity index (χ2n) is 3.96. The van der Waals surface area contributed by atoms with Crippen molar-refractivity contribution < 1.29 is 4.74 Å². The topological polar surface area (TPSA) is 24.5 Å². The fourth-order valence-corrected chi connectivity index (χ4v) is 1.31. The minimum atomic E-state index is 0.0544. The van der Waals surface area contributed by atoms with E-state index in [2.05, 4.69) is 43.4 Å². The van der Waals surface area contributed by atoms with Crippen LogP contribution in [0.4, 0.5) is 0 Å². The molecule has 1 rings (SSSR count). The molecule has 1 aliphatic rings. The molecule has 0 bridgehead atoms. The Bertz CT molecular complexity index is 172. The summed E-state index contributed by atoms with van der Waals surface area (Å²) in [6.07, 6.45) is 4.21. The summed E-state index contributed by atoms with van der Waals surface area (Å²) in [5, 5.41) is 2.12. The lowest BCUT2D eigenvalue weighted by Crippen LogP contribution is -2.57. The van der Waals surface area contributed by atoms with Crippen LogP contribution in [0.5, 0.6) is 0 Å². The molecule has 0 spiro atoms. The molecule has 1 atom stereocenters. The minimum absolute atomic E-state index is 0.0544. The van der Waals surface area contributed by atoms with Gasteiger partial charge in [0.1, 0.15) is 6.23 Å². The molecule has 12 heavy (non-hydrogen) atoms. The molecule has 0 aromatic heterocycles. The first-order valence-electron chi connectivity index (χ1n) is 4.28. The van der Waals surface area contributed by atoms with E-state index in [0.29, 0.717) is 0 Å². The van der Waals surface area contributed by atoms with Crippen molar-refractivity contribution in [1.82, 2.24) is 10.4 Å². The van der Waals surface area contributed by atoms with Crippen LogP contribution in [0.3, 0.4) is 0 Å². The van der Waals surface area contributed by atoms with Crippen molar-refractivity contribution in [3.63, 3.8) is 0 Å². The Kier molecular flexibility index (Phi) is 2.88. The molecular formula is C9H18N2O. The lowest BCUT2D eigenvalue weighted by Gasteiger charge is -2.41. The van der Waals surface area contributed by atoms with E-state index >= 15 is 0 Å². The Morgan fingerprint density at radius 3 is 2.58 bits per heavy atom. The third kappa shape index (κ3) is 2.06. The van der Waals surface area contributed by atoms with Crippen LogP contribution in [-0.4, -0.2) is 30.4 Å². The second-order valence-corrected chi connectivity index (χ2v) is 3.96. The summed E-state index contributed by atoms with van der Waals surface area (Å²) in [4.78, 5) is 0. The third-order valence-corrected chi connectivity index (χ3v) is 1.90. The van der Waals surface area contributed by atoms with E-state index in [1.807, 2.05) is 0 Å². The lowest BCUT2D eigenvalue weighted by molar-refractivity contribution is -0.0843. The molecule has 1 unspecified atom stereocenters. The first kappa shape index (κ1) is 9.71. The number of nitrogens with one attached hydrogen (secondary N) is 1. The predicted octanol–water partition coefficient (Wildman–Crippen LogP) is 1.13. The summed E-state index contributed by atoms with van der Waals surface area (Å²) in [6, 6.07) is 0. The number of rotatable bonds is 1. The summed E-state index contributed by atoms with van der Waals surface area (Å²) in [5.74, 6) is 0. The van der Waals surface area contributed by atoms with Crippen molar-refractivity contribution in [3.8, 4) is 0 Å². The van der Waals surface area contributed by atoms with Crippen LogP contribution in [0.25, 0.3) is 0 Å². The van der Waals surface area contributed by atoms with Crippen LogP contribution in [0, 0.1) is 0 Å². The van der Waals surface area contributed by atoms with Gasteiger partial charge in [0.15, 0.2) is 0 Å². The van der Waals surface area contributed by atoms with Crippen molar-refractivity contribution in [3.05, 3.63) is 12.2 Å². The van der Waals surface area contributed by atoms with E-state index in [9.17, 15) is 0 Å². The van der Waals surface area contributed by atoms with Gasteiger partial charge in [-0.15, -0.1) is 0 Å². The molecule has 0 saturated heterocycles. The van der Waals surface area contributed by atoms with E-state index in [0.717, 1.165) is 6.54 Å². The van der Waals surface area contributed by atoms with Gasteiger partial charge in [0, 0.05) is 19.2 Å². The van der Waals surface area contributed by atoms with Gasteiger partial charge in [-0.05, 0) is 26.8 Å². The van der Waals surface area contributed by atoms with Crippen molar-refractivity contribution in [2.75, 3.05) is 13.7 Å². The normalized spacial score (nSPS) is 26.2. The molecule has 3 nitrogen and oxygen atoms in total. The lowest BCUT2D eigenvalue weighted by atomic mass is 10.1. The Hall–Kier alpha value is -0.380. The SMILES string of the molecule is COC1C=CCNN1C(C)(C)C. The fourth-order valence-electron chi connectivity index (χ4n) is 1.31. The molecule has 0 fully saturated rings. The van der Waals surface area contributed by atoms with Gasteiger partial charge in [-0.25, -0.2) is 10.4 Å². The molecule has 0 aliphatic carbocycles. The molecule has 0 aromatic carbocycles. The third-order valence-electron chi connectivity index (χ3n) is 1.90.